The van der Waals surface area contributed by atoms with Crippen LogP contribution in [0.15, 0.2) is 12.1 Å². The Labute approximate surface area is 193 Å². The van der Waals surface area contributed by atoms with Crippen molar-refractivity contribution >= 4 is 23.8 Å². The van der Waals surface area contributed by atoms with Crippen LogP contribution in [0.5, 0.6) is 17.2 Å². The number of benzene rings is 1. The van der Waals surface area contributed by atoms with Crippen molar-refractivity contribution in [3.63, 3.8) is 0 Å². The van der Waals surface area contributed by atoms with Gasteiger partial charge in [-0.1, -0.05) is 0 Å². The summed E-state index contributed by atoms with van der Waals surface area (Å²) >= 11 is 0. The minimum atomic E-state index is -0.953. The Morgan fingerprint density at radius 2 is 1.55 bits per heavy atom. The maximum Gasteiger partial charge on any atom is 0.325 e. The Morgan fingerprint density at radius 3 is 2.03 bits per heavy atom. The first-order valence-electron chi connectivity index (χ1n) is 10.9. The quantitative estimate of drug-likeness (QED) is 0.335. The van der Waals surface area contributed by atoms with E-state index in [1.165, 1.54) is 12.1 Å². The highest BCUT2D eigenvalue weighted by atomic mass is 16.5. The van der Waals surface area contributed by atoms with Crippen molar-refractivity contribution in [2.24, 2.45) is 0 Å². The fraction of sp³-hybridized carbons (Fsp3) is 0.545. The molecule has 0 atom stereocenters. The lowest BCUT2D eigenvalue weighted by molar-refractivity contribution is -0.130. The Hall–Kier alpha value is -3.50. The summed E-state index contributed by atoms with van der Waals surface area (Å²) in [5.74, 6) is -0.242. The van der Waals surface area contributed by atoms with Gasteiger partial charge in [-0.15, -0.1) is 0 Å². The molecule has 182 valence electrons. The minimum absolute atomic E-state index is 0.00936. The zero-order valence-electron chi connectivity index (χ0n) is 19.7. The van der Waals surface area contributed by atoms with Crippen molar-refractivity contribution in [1.29, 1.82) is 0 Å². The maximum atomic E-state index is 12.6. The van der Waals surface area contributed by atoms with E-state index in [0.717, 1.165) is 4.90 Å². The molecule has 11 heteroatoms. The van der Waals surface area contributed by atoms with Crippen molar-refractivity contribution in [2.45, 2.75) is 53.0 Å². The lowest BCUT2D eigenvalue weighted by atomic mass is 10.1. The van der Waals surface area contributed by atoms with E-state index >= 15 is 0 Å². The van der Waals surface area contributed by atoms with Crippen LogP contribution in [0.2, 0.25) is 0 Å². The van der Waals surface area contributed by atoms with Crippen molar-refractivity contribution < 1.29 is 33.4 Å². The van der Waals surface area contributed by atoms with E-state index < -0.39 is 23.4 Å². The average molecular weight is 465 g/mol. The van der Waals surface area contributed by atoms with Gasteiger partial charge in [-0.05, 0) is 53.2 Å². The van der Waals surface area contributed by atoms with E-state index in [-0.39, 0.29) is 30.9 Å². The monoisotopic (exact) mass is 464 g/mol. The first-order valence-corrected chi connectivity index (χ1v) is 10.9. The lowest BCUT2D eigenvalue weighted by Gasteiger charge is -2.17. The largest absolute Gasteiger partial charge is 0.490 e. The highest BCUT2D eigenvalue weighted by Crippen LogP contribution is 2.39. The standard InChI is InChI=1S/C22H32N4O7/c1-6-31-15-12-14(13-16(32-7-2)18(15)33-8-3)19(28)25-24-17(27)10-9-11-26-20(29)22(4,5)23-21(26)30/h12-13H,6-11H2,1-5H3,(H,23,30)(H,24,27)(H,25,28). The summed E-state index contributed by atoms with van der Waals surface area (Å²) in [5, 5.41) is 2.58. The van der Waals surface area contributed by atoms with E-state index in [9.17, 15) is 19.2 Å². The summed E-state index contributed by atoms with van der Waals surface area (Å²) in [6.07, 6.45) is 0.262. The number of ether oxygens (including phenoxy) is 3. The minimum Gasteiger partial charge on any atom is -0.490 e. The molecular formula is C22H32N4O7. The second-order valence-electron chi connectivity index (χ2n) is 7.72. The van der Waals surface area contributed by atoms with Crippen molar-refractivity contribution in [2.75, 3.05) is 26.4 Å². The van der Waals surface area contributed by atoms with Gasteiger partial charge in [-0.3, -0.25) is 30.1 Å². The Bertz CT molecular complexity index is 874. The normalized spacial score (nSPS) is 14.5. The van der Waals surface area contributed by atoms with Gasteiger partial charge in [-0.2, -0.15) is 0 Å². The van der Waals surface area contributed by atoms with Crippen LogP contribution in [-0.4, -0.2) is 60.6 Å². The molecule has 1 saturated heterocycles. The number of hydrogen-bond donors (Lipinski definition) is 3. The van der Waals surface area contributed by atoms with Crippen molar-refractivity contribution in [3.05, 3.63) is 17.7 Å². The van der Waals surface area contributed by atoms with Gasteiger partial charge in [0.15, 0.2) is 11.5 Å². The number of hydrogen-bond acceptors (Lipinski definition) is 7. The number of amides is 5. The Balaban J connectivity index is 1.94. The van der Waals surface area contributed by atoms with Gasteiger partial charge < -0.3 is 19.5 Å². The predicted octanol–water partition coefficient (Wildman–Crippen LogP) is 1.75. The molecule has 2 rings (SSSR count). The number of urea groups is 1. The van der Waals surface area contributed by atoms with Gasteiger partial charge in [0.25, 0.3) is 11.8 Å². The third-order valence-corrected chi connectivity index (χ3v) is 4.72. The smallest absolute Gasteiger partial charge is 0.325 e. The molecule has 33 heavy (non-hydrogen) atoms. The molecule has 0 aliphatic carbocycles. The third-order valence-electron chi connectivity index (χ3n) is 4.72. The first-order chi connectivity index (χ1) is 15.6. The number of rotatable bonds is 11. The second-order valence-corrected chi connectivity index (χ2v) is 7.72. The SMILES string of the molecule is CCOc1cc(C(=O)NNC(=O)CCCN2C(=O)NC(C)(C)C2=O)cc(OCC)c1OCC. The van der Waals surface area contributed by atoms with Crippen LogP contribution >= 0.6 is 0 Å². The van der Waals surface area contributed by atoms with Crippen LogP contribution in [0.25, 0.3) is 0 Å². The van der Waals surface area contributed by atoms with Crippen LogP contribution < -0.4 is 30.4 Å². The molecule has 0 spiro atoms. The van der Waals surface area contributed by atoms with E-state index in [0.29, 0.717) is 37.1 Å². The topological polar surface area (TPSA) is 135 Å². The summed E-state index contributed by atoms with van der Waals surface area (Å²) < 4.78 is 16.8. The van der Waals surface area contributed by atoms with Gasteiger partial charge >= 0.3 is 6.03 Å². The number of nitrogens with zero attached hydrogens (tertiary/aromatic N) is 1. The highest BCUT2D eigenvalue weighted by molar-refractivity contribution is 6.06. The fourth-order valence-corrected chi connectivity index (χ4v) is 3.20. The van der Waals surface area contributed by atoms with Gasteiger partial charge in [0.2, 0.25) is 11.7 Å². The van der Waals surface area contributed by atoms with E-state index in [4.69, 9.17) is 14.2 Å². The molecule has 1 fully saturated rings. The lowest BCUT2D eigenvalue weighted by Crippen LogP contribution is -2.42. The predicted molar refractivity (Wildman–Crippen MR) is 119 cm³/mol. The van der Waals surface area contributed by atoms with E-state index in [2.05, 4.69) is 16.2 Å². The third kappa shape index (κ3) is 6.50. The first kappa shape index (κ1) is 25.8. The van der Waals surface area contributed by atoms with Gasteiger partial charge in [-0.25, -0.2) is 4.79 Å². The molecule has 1 aliphatic heterocycles. The summed E-state index contributed by atoms with van der Waals surface area (Å²) in [7, 11) is 0. The number of carbonyl (C=O) groups excluding carboxylic acids is 4. The number of imide groups is 1. The van der Waals surface area contributed by atoms with E-state index in [1.807, 2.05) is 20.8 Å². The highest BCUT2D eigenvalue weighted by Gasteiger charge is 2.43. The number of carbonyl (C=O) groups is 4. The van der Waals surface area contributed by atoms with Gasteiger partial charge in [0.1, 0.15) is 5.54 Å². The summed E-state index contributed by atoms with van der Waals surface area (Å²) in [5.41, 5.74) is 3.94. The molecular weight excluding hydrogens is 432 g/mol. The van der Waals surface area contributed by atoms with Crippen LogP contribution in [-0.2, 0) is 9.59 Å². The molecule has 0 saturated carbocycles. The Morgan fingerprint density at radius 1 is 0.970 bits per heavy atom. The summed E-state index contributed by atoms with van der Waals surface area (Å²) in [4.78, 5) is 49.8. The molecule has 1 aromatic carbocycles. The molecule has 1 aliphatic rings. The molecule has 0 aromatic heterocycles. The number of hydrazine groups is 1. The van der Waals surface area contributed by atoms with E-state index in [1.54, 1.807) is 13.8 Å². The molecule has 0 radical (unpaired) electrons. The van der Waals surface area contributed by atoms with Crippen LogP contribution in [0.1, 0.15) is 57.8 Å². The second kappa shape index (κ2) is 11.4. The van der Waals surface area contributed by atoms with Crippen LogP contribution in [0, 0.1) is 0 Å². The van der Waals surface area contributed by atoms with Crippen molar-refractivity contribution in [1.82, 2.24) is 21.1 Å². The molecule has 11 nitrogen and oxygen atoms in total. The molecule has 0 bridgehead atoms. The van der Waals surface area contributed by atoms with Crippen molar-refractivity contribution in [3.8, 4) is 17.2 Å². The average Bonchev–Trinajstić information content (AvgIpc) is 2.95. The fourth-order valence-electron chi connectivity index (χ4n) is 3.20. The summed E-state index contributed by atoms with van der Waals surface area (Å²) in [6, 6.07) is 2.54. The molecule has 0 unspecified atom stereocenters. The molecule has 1 heterocycles. The number of nitrogens with one attached hydrogen (secondary N) is 3. The zero-order valence-corrected chi connectivity index (χ0v) is 19.7. The molecule has 3 N–H and O–H groups in total. The molecule has 1 aromatic rings. The molecule has 5 amide bonds. The van der Waals surface area contributed by atoms with Crippen LogP contribution in [0.4, 0.5) is 4.79 Å². The summed E-state index contributed by atoms with van der Waals surface area (Å²) in [6.45, 7) is 9.90. The Kier molecular flexibility index (Phi) is 8.89. The zero-order chi connectivity index (χ0) is 24.6. The maximum absolute atomic E-state index is 12.6. The van der Waals surface area contributed by atoms with Crippen LogP contribution in [0.3, 0.4) is 0 Å². The van der Waals surface area contributed by atoms with Gasteiger partial charge in [0, 0.05) is 18.5 Å². The van der Waals surface area contributed by atoms with Gasteiger partial charge in [0.05, 0.1) is 19.8 Å².